The number of aldehydes is 1. The Morgan fingerprint density at radius 3 is 1.81 bits per heavy atom. The van der Waals surface area contributed by atoms with Gasteiger partial charge in [0.2, 0.25) is 0 Å². The molecule has 0 saturated heterocycles. The average molecular weight is 244 g/mol. The summed E-state index contributed by atoms with van der Waals surface area (Å²) < 4.78 is 0. The lowest BCUT2D eigenvalue weighted by atomic mass is 10.1. The minimum atomic E-state index is 0.678. The third kappa shape index (κ3) is 14.0. The molecule has 16 heavy (non-hydrogen) atoms. The van der Waals surface area contributed by atoms with Gasteiger partial charge in [-0.15, -0.1) is 0 Å². The van der Waals surface area contributed by atoms with Crippen LogP contribution in [0.15, 0.2) is 0 Å². The quantitative estimate of drug-likeness (QED) is 0.341. The van der Waals surface area contributed by atoms with Gasteiger partial charge >= 0.3 is 0 Å². The van der Waals surface area contributed by atoms with Crippen LogP contribution in [0.4, 0.5) is 0 Å². The minimum Gasteiger partial charge on any atom is -0.302 e. The van der Waals surface area contributed by atoms with Gasteiger partial charge in [-0.3, -0.25) is 0 Å². The molecular weight excluding hydrogens is 216 g/mol. The highest BCUT2D eigenvalue weighted by Gasteiger charge is 1.92. The Hall–Kier alpha value is 0.0200. The van der Waals surface area contributed by atoms with Gasteiger partial charge in [0.25, 0.3) is 0 Å². The number of carbonyl (C=O) groups excluding carboxylic acids is 1. The summed E-state index contributed by atoms with van der Waals surface area (Å²) in [5, 5.41) is 0. The zero-order valence-corrected chi connectivity index (χ0v) is 11.7. The molecule has 0 atom stereocenters. The normalized spacial score (nSPS) is 10.6. The van der Waals surface area contributed by atoms with Crippen LogP contribution < -0.4 is 0 Å². The van der Waals surface area contributed by atoms with Crippen molar-refractivity contribution in [1.29, 1.82) is 0 Å². The molecule has 2 heteroatoms. The number of thioether (sulfide) groups is 1. The molecule has 0 N–H and O–H groups in total. The van der Waals surface area contributed by atoms with Crippen molar-refractivity contribution in [3.05, 3.63) is 0 Å². The van der Waals surface area contributed by atoms with Crippen LogP contribution in [0.5, 0.6) is 0 Å². The van der Waals surface area contributed by atoms with E-state index in [1.165, 1.54) is 64.2 Å². The van der Waals surface area contributed by atoms with Crippen molar-refractivity contribution < 1.29 is 4.79 Å². The van der Waals surface area contributed by atoms with Gasteiger partial charge in [-0.25, -0.2) is 0 Å². The molecule has 0 amide bonds. The predicted octanol–water partition coefficient (Wildman–Crippen LogP) is 4.84. The lowest BCUT2D eigenvalue weighted by Crippen LogP contribution is -1.85. The molecule has 0 saturated carbocycles. The summed E-state index contributed by atoms with van der Waals surface area (Å²) in [6.45, 7) is 2.27. The van der Waals surface area contributed by atoms with Gasteiger partial charge < -0.3 is 4.79 Å². The Morgan fingerprint density at radius 2 is 1.31 bits per heavy atom. The Bertz CT molecular complexity index is 137. The second-order valence-electron chi connectivity index (χ2n) is 4.42. The lowest BCUT2D eigenvalue weighted by Gasteiger charge is -2.01. The smallest absolute Gasteiger partial charge is 0.129 e. The van der Waals surface area contributed by atoms with Gasteiger partial charge in [-0.05, 0) is 12.2 Å². The van der Waals surface area contributed by atoms with Gasteiger partial charge in [0.1, 0.15) is 6.29 Å². The number of carbonyl (C=O) groups is 1. The Morgan fingerprint density at radius 1 is 0.812 bits per heavy atom. The number of unbranched alkanes of at least 4 members (excludes halogenated alkanes) is 9. The lowest BCUT2D eigenvalue weighted by molar-refractivity contribution is -0.105. The molecule has 0 aliphatic rings. The third-order valence-electron chi connectivity index (χ3n) is 2.83. The molecule has 0 unspecified atom stereocenters. The Kier molecular flexibility index (Phi) is 15.0. The van der Waals surface area contributed by atoms with E-state index in [1.807, 2.05) is 0 Å². The third-order valence-corrected chi connectivity index (χ3v) is 3.78. The first kappa shape index (κ1) is 16.0. The van der Waals surface area contributed by atoms with Crippen LogP contribution in [0.25, 0.3) is 0 Å². The molecule has 0 aromatic rings. The topological polar surface area (TPSA) is 17.1 Å². The van der Waals surface area contributed by atoms with Crippen molar-refractivity contribution in [3.63, 3.8) is 0 Å². The maximum Gasteiger partial charge on any atom is 0.129 e. The molecule has 1 nitrogen and oxygen atoms in total. The summed E-state index contributed by atoms with van der Waals surface area (Å²) in [7, 11) is 0. The van der Waals surface area contributed by atoms with E-state index in [4.69, 9.17) is 0 Å². The first-order chi connectivity index (χ1) is 7.91. The predicted molar refractivity (Wildman–Crippen MR) is 75.2 cm³/mol. The molecule has 0 aliphatic carbocycles. The summed E-state index contributed by atoms with van der Waals surface area (Å²) in [6.07, 6.45) is 14.9. The molecule has 0 rings (SSSR count). The largest absolute Gasteiger partial charge is 0.302 e. The summed E-state index contributed by atoms with van der Waals surface area (Å²) in [4.78, 5) is 10.1. The van der Waals surface area contributed by atoms with E-state index < -0.39 is 0 Å². The van der Waals surface area contributed by atoms with Crippen molar-refractivity contribution in [2.75, 3.05) is 11.5 Å². The Labute approximate surface area is 106 Å². The first-order valence-corrected chi connectivity index (χ1v) is 8.08. The molecule has 96 valence electrons. The van der Waals surface area contributed by atoms with Crippen molar-refractivity contribution in [2.45, 2.75) is 71.1 Å². The fraction of sp³-hybridized carbons (Fsp3) is 0.929. The highest BCUT2D eigenvalue weighted by molar-refractivity contribution is 7.99. The minimum absolute atomic E-state index is 0.678. The van der Waals surface area contributed by atoms with Gasteiger partial charge in [-0.2, -0.15) is 11.8 Å². The number of rotatable bonds is 13. The highest BCUT2D eigenvalue weighted by Crippen LogP contribution is 2.11. The van der Waals surface area contributed by atoms with Crippen molar-refractivity contribution in [2.24, 2.45) is 0 Å². The number of hydrogen-bond donors (Lipinski definition) is 0. The van der Waals surface area contributed by atoms with E-state index in [2.05, 4.69) is 6.92 Å². The van der Waals surface area contributed by atoms with E-state index in [0.29, 0.717) is 5.75 Å². The van der Waals surface area contributed by atoms with Crippen molar-refractivity contribution >= 4 is 18.0 Å². The fourth-order valence-electron chi connectivity index (χ4n) is 1.82. The average Bonchev–Trinajstić information content (AvgIpc) is 2.31. The zero-order chi connectivity index (χ0) is 11.9. The maximum atomic E-state index is 10.1. The molecule has 0 fully saturated rings. The van der Waals surface area contributed by atoms with Crippen molar-refractivity contribution in [1.82, 2.24) is 0 Å². The van der Waals surface area contributed by atoms with Crippen LogP contribution in [0.3, 0.4) is 0 Å². The number of hydrogen-bond acceptors (Lipinski definition) is 2. The molecular formula is C14H28OS. The molecule has 0 heterocycles. The standard InChI is InChI=1S/C14H28OS/c1-2-3-4-5-6-7-8-9-10-11-13-16-14-12-15/h12H,2-11,13-14H2,1H3. The zero-order valence-electron chi connectivity index (χ0n) is 10.9. The SMILES string of the molecule is CCCCCCCCCCCCSCC=O. The summed E-state index contributed by atoms with van der Waals surface area (Å²) >= 11 is 1.76. The van der Waals surface area contributed by atoms with Gasteiger partial charge in [0.15, 0.2) is 0 Å². The monoisotopic (exact) mass is 244 g/mol. The second-order valence-corrected chi connectivity index (χ2v) is 5.57. The summed E-state index contributed by atoms with van der Waals surface area (Å²) in [5.41, 5.74) is 0. The van der Waals surface area contributed by atoms with Crippen LogP contribution in [-0.2, 0) is 4.79 Å². The van der Waals surface area contributed by atoms with Gasteiger partial charge in [0, 0.05) is 5.75 Å². The van der Waals surface area contributed by atoms with Crippen LogP contribution in [0, 0.1) is 0 Å². The molecule has 0 spiro atoms. The molecule has 0 bridgehead atoms. The van der Waals surface area contributed by atoms with Crippen LogP contribution in [0.1, 0.15) is 71.1 Å². The summed E-state index contributed by atoms with van der Waals surface area (Å²) in [6, 6.07) is 0. The van der Waals surface area contributed by atoms with E-state index in [1.54, 1.807) is 11.8 Å². The van der Waals surface area contributed by atoms with Crippen LogP contribution in [-0.4, -0.2) is 17.8 Å². The first-order valence-electron chi connectivity index (χ1n) is 6.93. The van der Waals surface area contributed by atoms with E-state index >= 15 is 0 Å². The second kappa shape index (κ2) is 15.0. The molecule has 0 aromatic heterocycles. The molecule has 0 aliphatic heterocycles. The maximum absolute atomic E-state index is 10.1. The van der Waals surface area contributed by atoms with E-state index in [0.717, 1.165) is 12.0 Å². The molecule has 0 aromatic carbocycles. The van der Waals surface area contributed by atoms with Crippen LogP contribution in [0.2, 0.25) is 0 Å². The van der Waals surface area contributed by atoms with Crippen molar-refractivity contribution in [3.8, 4) is 0 Å². The van der Waals surface area contributed by atoms with Gasteiger partial charge in [-0.1, -0.05) is 64.7 Å². The highest BCUT2D eigenvalue weighted by atomic mass is 32.2. The summed E-state index contributed by atoms with van der Waals surface area (Å²) in [5.74, 6) is 1.84. The Balaban J connectivity index is 2.85. The van der Waals surface area contributed by atoms with Gasteiger partial charge in [0.05, 0.1) is 0 Å². The van der Waals surface area contributed by atoms with E-state index in [9.17, 15) is 4.79 Å². The fourth-order valence-corrected chi connectivity index (χ4v) is 2.49. The van der Waals surface area contributed by atoms with E-state index in [-0.39, 0.29) is 0 Å². The van der Waals surface area contributed by atoms with Crippen LogP contribution >= 0.6 is 11.8 Å². The molecule has 0 radical (unpaired) electrons.